The van der Waals surface area contributed by atoms with E-state index in [0.717, 1.165) is 10.9 Å². The molecule has 0 bridgehead atoms. The van der Waals surface area contributed by atoms with Crippen molar-refractivity contribution in [3.8, 4) is 23.3 Å². The van der Waals surface area contributed by atoms with Crippen LogP contribution in [0.25, 0.3) is 10.9 Å². The maximum Gasteiger partial charge on any atom is 0.573 e. The number of H-pyrrole nitrogens is 1. The second-order valence-electron chi connectivity index (χ2n) is 6.39. The van der Waals surface area contributed by atoms with E-state index in [9.17, 15) is 18.0 Å². The van der Waals surface area contributed by atoms with Crippen LogP contribution in [0.2, 0.25) is 0 Å². The van der Waals surface area contributed by atoms with Gasteiger partial charge in [-0.3, -0.25) is 4.79 Å². The molecule has 1 heterocycles. The van der Waals surface area contributed by atoms with Crippen LogP contribution in [0.5, 0.6) is 11.5 Å². The molecule has 2 N–H and O–H groups in total. The number of hydrogen-bond donors (Lipinski definition) is 2. The lowest BCUT2D eigenvalue weighted by Crippen LogP contribution is -2.16. The summed E-state index contributed by atoms with van der Waals surface area (Å²) in [6.07, 6.45) is -1.91. The summed E-state index contributed by atoms with van der Waals surface area (Å²) in [7, 11) is 0. The molecule has 0 unspecified atom stereocenters. The molecule has 1 aromatic heterocycles. The number of nitrogens with one attached hydrogen (secondary N) is 1. The zero-order valence-electron chi connectivity index (χ0n) is 15.8. The van der Waals surface area contributed by atoms with E-state index < -0.39 is 12.3 Å². The molecule has 0 saturated heterocycles. The molecule has 3 aromatic rings. The van der Waals surface area contributed by atoms with E-state index in [-0.39, 0.29) is 12.2 Å². The van der Waals surface area contributed by atoms with Crippen molar-refractivity contribution >= 4 is 16.9 Å². The number of carboxylic acid groups (broad SMARTS) is 1. The lowest BCUT2D eigenvalue weighted by atomic mass is 10.1. The maximum atomic E-state index is 12.1. The molecule has 5 nitrogen and oxygen atoms in total. The Balaban J connectivity index is 1.49. The quantitative estimate of drug-likeness (QED) is 0.424. The van der Waals surface area contributed by atoms with Crippen molar-refractivity contribution in [1.82, 2.24) is 4.98 Å². The Morgan fingerprint density at radius 3 is 2.60 bits per heavy atom. The highest BCUT2D eigenvalue weighted by Crippen LogP contribution is 2.28. The van der Waals surface area contributed by atoms with Crippen LogP contribution in [0.1, 0.15) is 24.0 Å². The molecule has 0 fully saturated rings. The van der Waals surface area contributed by atoms with Crippen molar-refractivity contribution in [1.29, 1.82) is 0 Å². The predicted molar refractivity (Wildman–Crippen MR) is 104 cm³/mol. The molecule has 0 aliphatic rings. The van der Waals surface area contributed by atoms with E-state index in [0.29, 0.717) is 36.3 Å². The average Bonchev–Trinajstić information content (AvgIpc) is 3.07. The summed E-state index contributed by atoms with van der Waals surface area (Å²) >= 11 is 0. The standard InChI is InChI=1S/C22H18F3NO4/c23-22(24,25)30-17-10-8-15(9-11-17)5-2-1-3-12-29-19-7-4-6-18-16(13-20(27)28)14-26-21(18)19/h4,6-11,14,26H,1,3,12-13H2,(H,27,28). The Labute approximate surface area is 170 Å². The fourth-order valence-electron chi connectivity index (χ4n) is 2.86. The number of ether oxygens (including phenoxy) is 2. The highest BCUT2D eigenvalue weighted by atomic mass is 19.4. The van der Waals surface area contributed by atoms with Gasteiger partial charge in [0.05, 0.1) is 18.5 Å². The van der Waals surface area contributed by atoms with Crippen molar-refractivity contribution in [3.05, 3.63) is 59.8 Å². The molecule has 0 saturated carbocycles. The highest BCUT2D eigenvalue weighted by Gasteiger charge is 2.30. The second kappa shape index (κ2) is 9.27. The predicted octanol–water partition coefficient (Wildman–Crippen LogP) is 4.90. The van der Waals surface area contributed by atoms with Gasteiger partial charge >= 0.3 is 12.3 Å². The number of alkyl halides is 3. The molecule has 0 atom stereocenters. The topological polar surface area (TPSA) is 71.5 Å². The minimum Gasteiger partial charge on any atom is -0.491 e. The van der Waals surface area contributed by atoms with E-state index in [1.807, 2.05) is 12.1 Å². The van der Waals surface area contributed by atoms with Gasteiger partial charge in [0, 0.05) is 23.6 Å². The molecule has 0 aliphatic carbocycles. The summed E-state index contributed by atoms with van der Waals surface area (Å²) in [5.74, 6) is 5.28. The van der Waals surface area contributed by atoms with E-state index >= 15 is 0 Å². The zero-order chi connectivity index (χ0) is 21.6. The fourth-order valence-corrected chi connectivity index (χ4v) is 2.86. The van der Waals surface area contributed by atoms with Gasteiger partial charge in [0.2, 0.25) is 0 Å². The van der Waals surface area contributed by atoms with Gasteiger partial charge in [0.25, 0.3) is 0 Å². The molecule has 0 radical (unpaired) electrons. The normalized spacial score (nSPS) is 11.0. The van der Waals surface area contributed by atoms with E-state index in [1.165, 1.54) is 24.3 Å². The SMILES string of the molecule is O=C(O)Cc1c[nH]c2c(OCCCC#Cc3ccc(OC(F)(F)F)cc3)cccc12. The van der Waals surface area contributed by atoms with Gasteiger partial charge in [-0.15, -0.1) is 13.2 Å². The van der Waals surface area contributed by atoms with Crippen LogP contribution >= 0.6 is 0 Å². The molecule has 8 heteroatoms. The van der Waals surface area contributed by atoms with Gasteiger partial charge in [0.1, 0.15) is 11.5 Å². The summed E-state index contributed by atoms with van der Waals surface area (Å²) < 4.78 is 46.0. The summed E-state index contributed by atoms with van der Waals surface area (Å²) in [4.78, 5) is 14.0. The number of carboxylic acids is 1. The number of hydrogen-bond acceptors (Lipinski definition) is 3. The van der Waals surface area contributed by atoms with Gasteiger partial charge in [-0.25, -0.2) is 0 Å². The van der Waals surface area contributed by atoms with Crippen molar-refractivity contribution in [2.75, 3.05) is 6.61 Å². The first-order valence-corrected chi connectivity index (χ1v) is 9.10. The minimum atomic E-state index is -4.71. The van der Waals surface area contributed by atoms with Crippen LogP contribution < -0.4 is 9.47 Å². The first kappa shape index (κ1) is 21.1. The number of unbranched alkanes of at least 4 members (excludes halogenated alkanes) is 1. The van der Waals surface area contributed by atoms with E-state index in [2.05, 4.69) is 21.6 Å². The summed E-state index contributed by atoms with van der Waals surface area (Å²) in [5.41, 5.74) is 2.04. The van der Waals surface area contributed by atoms with Crippen molar-refractivity contribution in [2.45, 2.75) is 25.6 Å². The van der Waals surface area contributed by atoms with Crippen LogP contribution in [0.4, 0.5) is 13.2 Å². The molecule has 156 valence electrons. The summed E-state index contributed by atoms with van der Waals surface area (Å²) in [6.45, 7) is 0.416. The van der Waals surface area contributed by atoms with Crippen molar-refractivity contribution in [2.24, 2.45) is 0 Å². The van der Waals surface area contributed by atoms with Crippen LogP contribution in [0.3, 0.4) is 0 Å². The van der Waals surface area contributed by atoms with Gasteiger partial charge in [-0.2, -0.15) is 0 Å². The largest absolute Gasteiger partial charge is 0.573 e. The molecular formula is C22H18F3NO4. The molecule has 0 amide bonds. The molecule has 2 aromatic carbocycles. The second-order valence-corrected chi connectivity index (χ2v) is 6.39. The third kappa shape index (κ3) is 5.95. The molecule has 0 aliphatic heterocycles. The van der Waals surface area contributed by atoms with E-state index in [4.69, 9.17) is 9.84 Å². The van der Waals surface area contributed by atoms with Gasteiger partial charge in [-0.05, 0) is 42.3 Å². The Bertz CT molecular complexity index is 1080. The Morgan fingerprint density at radius 2 is 1.90 bits per heavy atom. The number of aromatic amines is 1. The fraction of sp³-hybridized carbons (Fsp3) is 0.227. The van der Waals surface area contributed by atoms with Gasteiger partial charge in [0.15, 0.2) is 0 Å². The number of halogens is 3. The van der Waals surface area contributed by atoms with Crippen LogP contribution in [0, 0.1) is 11.8 Å². The first-order valence-electron chi connectivity index (χ1n) is 9.10. The maximum absolute atomic E-state index is 12.1. The molecule has 0 spiro atoms. The third-order valence-electron chi connectivity index (χ3n) is 4.13. The average molecular weight is 417 g/mol. The smallest absolute Gasteiger partial charge is 0.491 e. The minimum absolute atomic E-state index is 0.0671. The number of benzene rings is 2. The Kier molecular flexibility index (Phi) is 6.52. The Morgan fingerprint density at radius 1 is 1.13 bits per heavy atom. The molecule has 3 rings (SSSR count). The van der Waals surface area contributed by atoms with E-state index in [1.54, 1.807) is 12.3 Å². The molecule has 30 heavy (non-hydrogen) atoms. The van der Waals surface area contributed by atoms with Gasteiger partial charge in [-0.1, -0.05) is 24.0 Å². The van der Waals surface area contributed by atoms with Crippen LogP contribution in [0.15, 0.2) is 48.7 Å². The summed E-state index contributed by atoms with van der Waals surface area (Å²) in [5, 5.41) is 9.78. The number of fused-ring (bicyclic) bond motifs is 1. The number of aromatic nitrogens is 1. The number of para-hydroxylation sites is 1. The highest BCUT2D eigenvalue weighted by molar-refractivity contribution is 5.90. The monoisotopic (exact) mass is 417 g/mol. The zero-order valence-corrected chi connectivity index (χ0v) is 15.8. The lowest BCUT2D eigenvalue weighted by molar-refractivity contribution is -0.274. The van der Waals surface area contributed by atoms with Crippen LogP contribution in [-0.4, -0.2) is 29.0 Å². The lowest BCUT2D eigenvalue weighted by Gasteiger charge is -2.08. The number of aliphatic carboxylic acids is 1. The number of carbonyl (C=O) groups is 1. The number of rotatable bonds is 7. The van der Waals surface area contributed by atoms with Crippen molar-refractivity contribution < 1.29 is 32.5 Å². The molecular weight excluding hydrogens is 399 g/mol. The van der Waals surface area contributed by atoms with Crippen LogP contribution in [-0.2, 0) is 11.2 Å². The van der Waals surface area contributed by atoms with Gasteiger partial charge < -0.3 is 19.6 Å². The summed E-state index contributed by atoms with van der Waals surface area (Å²) in [6, 6.07) is 10.8. The third-order valence-corrected chi connectivity index (χ3v) is 4.13. The first-order chi connectivity index (χ1) is 14.3. The van der Waals surface area contributed by atoms with Crippen molar-refractivity contribution in [3.63, 3.8) is 0 Å². The Hall–Kier alpha value is -3.60.